The summed E-state index contributed by atoms with van der Waals surface area (Å²) in [6.45, 7) is 6.89. The van der Waals surface area contributed by atoms with Crippen molar-refractivity contribution in [1.82, 2.24) is 10.3 Å². The van der Waals surface area contributed by atoms with Crippen LogP contribution in [0.2, 0.25) is 0 Å². The van der Waals surface area contributed by atoms with Gasteiger partial charge >= 0.3 is 0 Å². The summed E-state index contributed by atoms with van der Waals surface area (Å²) in [5.41, 5.74) is 3.12. The second-order valence-electron chi connectivity index (χ2n) is 7.20. The van der Waals surface area contributed by atoms with Gasteiger partial charge in [0.25, 0.3) is 5.91 Å². The molecule has 5 heteroatoms. The van der Waals surface area contributed by atoms with Gasteiger partial charge in [0.15, 0.2) is 0 Å². The van der Waals surface area contributed by atoms with Crippen molar-refractivity contribution in [3.8, 4) is 0 Å². The maximum Gasteiger partial charge on any atom is 0.260 e. The topological polar surface area (TPSA) is 62.3 Å². The zero-order chi connectivity index (χ0) is 18.7. The van der Waals surface area contributed by atoms with Gasteiger partial charge < -0.3 is 5.32 Å². The number of hydrogen-bond donors (Lipinski definition) is 1. The minimum atomic E-state index is -0.375. The van der Waals surface area contributed by atoms with Crippen molar-refractivity contribution in [1.29, 1.82) is 0 Å². The minimum Gasteiger partial charge on any atom is -0.356 e. The molecule has 0 aliphatic carbocycles. The summed E-state index contributed by atoms with van der Waals surface area (Å²) in [5, 5.41) is 2.97. The van der Waals surface area contributed by atoms with Gasteiger partial charge in [0, 0.05) is 18.4 Å². The van der Waals surface area contributed by atoms with E-state index in [1.807, 2.05) is 31.2 Å². The van der Waals surface area contributed by atoms with E-state index in [0.29, 0.717) is 23.7 Å². The molecule has 2 aromatic rings. The average Bonchev–Trinajstić information content (AvgIpc) is 2.87. The lowest BCUT2D eigenvalue weighted by molar-refractivity contribution is -0.121. The molecule has 1 aromatic heterocycles. The van der Waals surface area contributed by atoms with Crippen LogP contribution in [0.5, 0.6) is 0 Å². The number of carbonyl (C=O) groups is 2. The molecule has 0 bridgehead atoms. The normalized spacial score (nSPS) is 16.1. The maximum atomic E-state index is 13.0. The van der Waals surface area contributed by atoms with Gasteiger partial charge in [0.1, 0.15) is 0 Å². The number of anilines is 1. The first-order valence-electron chi connectivity index (χ1n) is 9.09. The van der Waals surface area contributed by atoms with Gasteiger partial charge in [-0.2, -0.15) is 0 Å². The highest BCUT2D eigenvalue weighted by molar-refractivity contribution is 6.11. The van der Waals surface area contributed by atoms with Gasteiger partial charge in [0.2, 0.25) is 5.91 Å². The molecule has 1 N–H and O–H groups in total. The zero-order valence-corrected chi connectivity index (χ0v) is 15.5. The molecule has 0 spiro atoms. The second kappa shape index (κ2) is 7.68. The number of rotatable bonds is 6. The van der Waals surface area contributed by atoms with Crippen LogP contribution in [0, 0.1) is 12.8 Å². The van der Waals surface area contributed by atoms with E-state index in [4.69, 9.17) is 0 Å². The highest BCUT2D eigenvalue weighted by Gasteiger charge is 2.39. The van der Waals surface area contributed by atoms with Gasteiger partial charge in [-0.25, -0.2) is 0 Å². The van der Waals surface area contributed by atoms with E-state index in [0.717, 1.165) is 17.7 Å². The van der Waals surface area contributed by atoms with E-state index in [1.165, 1.54) is 0 Å². The summed E-state index contributed by atoms with van der Waals surface area (Å²) in [7, 11) is 0. The quantitative estimate of drug-likeness (QED) is 0.864. The molecule has 3 rings (SSSR count). The first kappa shape index (κ1) is 18.1. The fourth-order valence-electron chi connectivity index (χ4n) is 3.27. The van der Waals surface area contributed by atoms with Crippen LogP contribution in [0.3, 0.4) is 0 Å². The first-order valence-corrected chi connectivity index (χ1v) is 9.09. The lowest BCUT2D eigenvalue weighted by Gasteiger charge is -2.25. The number of benzene rings is 1. The van der Waals surface area contributed by atoms with Crippen LogP contribution >= 0.6 is 0 Å². The molecular formula is C21H25N3O2. The summed E-state index contributed by atoms with van der Waals surface area (Å²) >= 11 is 0. The molecule has 26 heavy (non-hydrogen) atoms. The lowest BCUT2D eigenvalue weighted by atomic mass is 10.1. The molecule has 1 atom stereocenters. The molecule has 1 aliphatic rings. The van der Waals surface area contributed by atoms with Crippen LogP contribution in [-0.4, -0.2) is 23.3 Å². The van der Waals surface area contributed by atoms with Gasteiger partial charge in [-0.3, -0.25) is 19.5 Å². The van der Waals surface area contributed by atoms with Crippen LogP contribution in [0.25, 0.3) is 0 Å². The Labute approximate surface area is 154 Å². The number of fused-ring (bicyclic) bond motifs is 1. The number of amides is 2. The van der Waals surface area contributed by atoms with Crippen LogP contribution < -0.4 is 10.2 Å². The Kier molecular flexibility index (Phi) is 5.35. The Morgan fingerprint density at radius 3 is 2.81 bits per heavy atom. The van der Waals surface area contributed by atoms with E-state index in [-0.39, 0.29) is 24.3 Å². The molecule has 2 amide bonds. The third kappa shape index (κ3) is 3.77. The van der Waals surface area contributed by atoms with Gasteiger partial charge in [0.05, 0.1) is 23.7 Å². The Bertz CT molecular complexity index is 816. The molecule has 0 fully saturated rings. The maximum absolute atomic E-state index is 13.0. The van der Waals surface area contributed by atoms with Crippen molar-refractivity contribution in [2.75, 3.05) is 11.4 Å². The predicted octanol–water partition coefficient (Wildman–Crippen LogP) is 3.64. The Hall–Kier alpha value is -2.69. The second-order valence-corrected chi connectivity index (χ2v) is 7.20. The largest absolute Gasteiger partial charge is 0.356 e. The summed E-state index contributed by atoms with van der Waals surface area (Å²) in [6, 6.07) is 10.9. The van der Waals surface area contributed by atoms with E-state index in [1.54, 1.807) is 23.2 Å². The molecule has 0 saturated carbocycles. The minimum absolute atomic E-state index is 0.0559. The molecule has 0 radical (unpaired) electrons. The molecule has 0 saturated heterocycles. The van der Waals surface area contributed by atoms with Crippen LogP contribution in [0.15, 0.2) is 42.6 Å². The Morgan fingerprint density at radius 1 is 1.27 bits per heavy atom. The van der Waals surface area contributed by atoms with Crippen molar-refractivity contribution >= 4 is 17.5 Å². The van der Waals surface area contributed by atoms with E-state index >= 15 is 0 Å². The van der Waals surface area contributed by atoms with Crippen molar-refractivity contribution in [3.63, 3.8) is 0 Å². The van der Waals surface area contributed by atoms with Gasteiger partial charge in [-0.15, -0.1) is 0 Å². The third-order valence-corrected chi connectivity index (χ3v) is 4.62. The molecular weight excluding hydrogens is 326 g/mol. The smallest absolute Gasteiger partial charge is 0.260 e. The standard InChI is InChI=1S/C21H25N3O2/c1-14(2)9-11-22-19(25)13-18-20-17(8-5-10-23-20)21(26)24(18)16-7-4-6-15(3)12-16/h4-8,10,12,14,18H,9,11,13H2,1-3H3,(H,22,25). The SMILES string of the molecule is Cc1cccc(N2C(=O)c3cccnc3C2CC(=O)NCCC(C)C)c1. The highest BCUT2D eigenvalue weighted by atomic mass is 16.2. The van der Waals surface area contributed by atoms with Crippen molar-refractivity contribution in [3.05, 3.63) is 59.4 Å². The molecule has 2 heterocycles. The number of hydrogen-bond acceptors (Lipinski definition) is 3. The van der Waals surface area contributed by atoms with Crippen LogP contribution in [0.4, 0.5) is 5.69 Å². The number of aromatic nitrogens is 1. The Morgan fingerprint density at radius 2 is 2.08 bits per heavy atom. The Balaban J connectivity index is 1.86. The fraction of sp³-hybridized carbons (Fsp3) is 0.381. The molecule has 136 valence electrons. The monoisotopic (exact) mass is 351 g/mol. The zero-order valence-electron chi connectivity index (χ0n) is 15.5. The number of carbonyl (C=O) groups excluding carboxylic acids is 2. The predicted molar refractivity (Wildman–Crippen MR) is 102 cm³/mol. The summed E-state index contributed by atoms with van der Waals surface area (Å²) < 4.78 is 0. The first-order chi connectivity index (χ1) is 12.5. The van der Waals surface area contributed by atoms with Crippen molar-refractivity contribution < 1.29 is 9.59 Å². The van der Waals surface area contributed by atoms with Crippen molar-refractivity contribution in [2.45, 2.75) is 39.7 Å². The third-order valence-electron chi connectivity index (χ3n) is 4.62. The summed E-state index contributed by atoms with van der Waals surface area (Å²) in [4.78, 5) is 31.5. The van der Waals surface area contributed by atoms with Crippen LogP contribution in [-0.2, 0) is 4.79 Å². The average molecular weight is 351 g/mol. The molecule has 1 aromatic carbocycles. The molecule has 1 aliphatic heterocycles. The summed E-state index contributed by atoms with van der Waals surface area (Å²) in [5.74, 6) is 0.382. The van der Waals surface area contributed by atoms with E-state index < -0.39 is 0 Å². The molecule has 5 nitrogen and oxygen atoms in total. The number of pyridine rings is 1. The number of aryl methyl sites for hydroxylation is 1. The fourth-order valence-corrected chi connectivity index (χ4v) is 3.27. The summed E-state index contributed by atoms with van der Waals surface area (Å²) in [6.07, 6.45) is 2.82. The lowest BCUT2D eigenvalue weighted by Crippen LogP contribution is -2.33. The molecule has 1 unspecified atom stereocenters. The van der Waals surface area contributed by atoms with E-state index in [2.05, 4.69) is 24.1 Å². The van der Waals surface area contributed by atoms with Crippen LogP contribution in [0.1, 0.15) is 54.3 Å². The van der Waals surface area contributed by atoms with Gasteiger partial charge in [-0.1, -0.05) is 26.0 Å². The highest BCUT2D eigenvalue weighted by Crippen LogP contribution is 2.38. The van der Waals surface area contributed by atoms with Gasteiger partial charge in [-0.05, 0) is 49.1 Å². The number of nitrogens with one attached hydrogen (secondary N) is 1. The van der Waals surface area contributed by atoms with Crippen molar-refractivity contribution in [2.24, 2.45) is 5.92 Å². The number of nitrogens with zero attached hydrogens (tertiary/aromatic N) is 2. The van der Waals surface area contributed by atoms with E-state index in [9.17, 15) is 9.59 Å².